The lowest BCUT2D eigenvalue weighted by molar-refractivity contribution is 0.741. The van der Waals surface area contributed by atoms with E-state index in [2.05, 4.69) is 23.8 Å². The van der Waals surface area contributed by atoms with Gasteiger partial charge >= 0.3 is 0 Å². The largest absolute Gasteiger partial charge is 0.241 e. The lowest BCUT2D eigenvalue weighted by Crippen LogP contribution is -1.96. The third-order valence-corrected chi connectivity index (χ3v) is 2.47. The summed E-state index contributed by atoms with van der Waals surface area (Å²) >= 11 is 0. The van der Waals surface area contributed by atoms with Crippen molar-refractivity contribution in [2.45, 2.75) is 32.6 Å². The molecule has 2 nitrogen and oxygen atoms in total. The zero-order valence-electron chi connectivity index (χ0n) is 6.96. The Morgan fingerprint density at radius 2 is 2.27 bits per heavy atom. The summed E-state index contributed by atoms with van der Waals surface area (Å²) in [6.45, 7) is 4.32. The van der Waals surface area contributed by atoms with Gasteiger partial charge in [0, 0.05) is 11.4 Å². The lowest BCUT2D eigenvalue weighted by Gasteiger charge is -2.05. The van der Waals surface area contributed by atoms with E-state index in [0.29, 0.717) is 5.92 Å². The average Bonchev–Trinajstić information content (AvgIpc) is 2.34. The van der Waals surface area contributed by atoms with E-state index in [-0.39, 0.29) is 0 Å². The highest BCUT2D eigenvalue weighted by molar-refractivity contribution is 5.31. The van der Waals surface area contributed by atoms with Gasteiger partial charge in [0.2, 0.25) is 0 Å². The monoisotopic (exact) mass is 148 g/mol. The number of hydrogen-bond donors (Lipinski definition) is 0. The van der Waals surface area contributed by atoms with Crippen LogP contribution in [0, 0.1) is 6.92 Å². The normalized spacial score (nSPS) is 21.8. The first-order chi connectivity index (χ1) is 5.29. The second kappa shape index (κ2) is 2.29. The maximum Gasteiger partial charge on any atom is 0.115 e. The van der Waals surface area contributed by atoms with Crippen molar-refractivity contribution in [1.29, 1.82) is 0 Å². The summed E-state index contributed by atoms with van der Waals surface area (Å²) in [5, 5.41) is 0. The Balaban J connectivity index is 2.58. The van der Waals surface area contributed by atoms with E-state index in [0.717, 1.165) is 6.42 Å². The molecule has 1 aliphatic rings. The fourth-order valence-electron chi connectivity index (χ4n) is 1.87. The molecule has 0 aromatic carbocycles. The molecule has 1 aromatic heterocycles. The molecule has 0 saturated heterocycles. The van der Waals surface area contributed by atoms with Crippen molar-refractivity contribution in [1.82, 2.24) is 9.97 Å². The summed E-state index contributed by atoms with van der Waals surface area (Å²) in [6, 6.07) is 0. The van der Waals surface area contributed by atoms with Crippen molar-refractivity contribution in [3.8, 4) is 0 Å². The highest BCUT2D eigenvalue weighted by Crippen LogP contribution is 2.32. The molecule has 2 rings (SSSR count). The third-order valence-electron chi connectivity index (χ3n) is 2.47. The van der Waals surface area contributed by atoms with Crippen molar-refractivity contribution < 1.29 is 0 Å². The van der Waals surface area contributed by atoms with Crippen LogP contribution >= 0.6 is 0 Å². The first-order valence-corrected chi connectivity index (χ1v) is 4.09. The molecule has 1 aliphatic carbocycles. The standard InChI is InChI=1S/C9H12N2/c1-6-3-4-8-9(6)7(2)10-5-11-8/h5-6H,3-4H2,1-2H3. The zero-order chi connectivity index (χ0) is 7.84. The van der Waals surface area contributed by atoms with Gasteiger partial charge in [0.15, 0.2) is 0 Å². The Morgan fingerprint density at radius 3 is 3.00 bits per heavy atom. The minimum Gasteiger partial charge on any atom is -0.241 e. The number of fused-ring (bicyclic) bond motifs is 1. The van der Waals surface area contributed by atoms with Gasteiger partial charge in [0.1, 0.15) is 6.33 Å². The smallest absolute Gasteiger partial charge is 0.115 e. The van der Waals surface area contributed by atoms with Gasteiger partial charge in [0.25, 0.3) is 0 Å². The maximum absolute atomic E-state index is 4.26. The molecule has 0 spiro atoms. The van der Waals surface area contributed by atoms with Crippen molar-refractivity contribution in [2.24, 2.45) is 0 Å². The van der Waals surface area contributed by atoms with Gasteiger partial charge in [-0.25, -0.2) is 9.97 Å². The third kappa shape index (κ3) is 0.934. The van der Waals surface area contributed by atoms with Crippen LogP contribution in [0.3, 0.4) is 0 Å². The van der Waals surface area contributed by atoms with Crippen molar-refractivity contribution in [3.63, 3.8) is 0 Å². The van der Waals surface area contributed by atoms with Gasteiger partial charge in [-0.3, -0.25) is 0 Å². The highest BCUT2D eigenvalue weighted by Gasteiger charge is 2.21. The van der Waals surface area contributed by atoms with Crippen LogP contribution < -0.4 is 0 Å². The summed E-state index contributed by atoms with van der Waals surface area (Å²) in [5.74, 6) is 0.672. The highest BCUT2D eigenvalue weighted by atomic mass is 14.8. The number of rotatable bonds is 0. The van der Waals surface area contributed by atoms with Gasteiger partial charge in [-0.1, -0.05) is 6.92 Å². The molecule has 1 unspecified atom stereocenters. The van der Waals surface area contributed by atoms with Crippen LogP contribution in [0.1, 0.15) is 36.2 Å². The summed E-state index contributed by atoms with van der Waals surface area (Å²) in [5.41, 5.74) is 3.83. The summed E-state index contributed by atoms with van der Waals surface area (Å²) < 4.78 is 0. The van der Waals surface area contributed by atoms with Crippen LogP contribution in [0.2, 0.25) is 0 Å². The minimum absolute atomic E-state index is 0.672. The quantitative estimate of drug-likeness (QED) is 0.561. The lowest BCUT2D eigenvalue weighted by atomic mass is 10.0. The Morgan fingerprint density at radius 1 is 1.45 bits per heavy atom. The van der Waals surface area contributed by atoms with Gasteiger partial charge in [-0.2, -0.15) is 0 Å². The van der Waals surface area contributed by atoms with E-state index >= 15 is 0 Å². The summed E-state index contributed by atoms with van der Waals surface area (Å²) in [4.78, 5) is 8.45. The molecule has 2 heteroatoms. The van der Waals surface area contributed by atoms with E-state index in [1.807, 2.05) is 0 Å². The van der Waals surface area contributed by atoms with Gasteiger partial charge in [-0.15, -0.1) is 0 Å². The van der Waals surface area contributed by atoms with Crippen molar-refractivity contribution in [3.05, 3.63) is 23.3 Å². The molecule has 1 atom stereocenters. The number of hydrogen-bond acceptors (Lipinski definition) is 2. The minimum atomic E-state index is 0.672. The number of aryl methyl sites for hydroxylation is 2. The molecule has 0 saturated carbocycles. The zero-order valence-corrected chi connectivity index (χ0v) is 6.96. The molecule has 11 heavy (non-hydrogen) atoms. The van der Waals surface area contributed by atoms with Crippen LogP contribution in [0.4, 0.5) is 0 Å². The van der Waals surface area contributed by atoms with Crippen molar-refractivity contribution in [2.75, 3.05) is 0 Å². The van der Waals surface area contributed by atoms with E-state index < -0.39 is 0 Å². The fraction of sp³-hybridized carbons (Fsp3) is 0.556. The molecule has 0 bridgehead atoms. The van der Waals surface area contributed by atoms with Crippen LogP contribution in [0.5, 0.6) is 0 Å². The first-order valence-electron chi connectivity index (χ1n) is 4.09. The first kappa shape index (κ1) is 6.77. The topological polar surface area (TPSA) is 25.8 Å². The average molecular weight is 148 g/mol. The second-order valence-electron chi connectivity index (χ2n) is 3.26. The molecule has 0 fully saturated rings. The molecular weight excluding hydrogens is 136 g/mol. The van der Waals surface area contributed by atoms with Crippen LogP contribution in [0.15, 0.2) is 6.33 Å². The molecule has 0 radical (unpaired) electrons. The predicted octanol–water partition coefficient (Wildman–Crippen LogP) is 1.83. The van der Waals surface area contributed by atoms with Crippen LogP contribution in [0.25, 0.3) is 0 Å². The number of aromatic nitrogens is 2. The Bertz CT molecular complexity index is 281. The summed E-state index contributed by atoms with van der Waals surface area (Å²) in [7, 11) is 0. The van der Waals surface area contributed by atoms with E-state index in [9.17, 15) is 0 Å². The van der Waals surface area contributed by atoms with E-state index in [1.165, 1.54) is 23.4 Å². The predicted molar refractivity (Wildman–Crippen MR) is 43.5 cm³/mol. The Labute approximate surface area is 66.7 Å². The Hall–Kier alpha value is -0.920. The Kier molecular flexibility index (Phi) is 1.41. The molecule has 1 aromatic rings. The van der Waals surface area contributed by atoms with Crippen LogP contribution in [-0.2, 0) is 6.42 Å². The number of nitrogens with zero attached hydrogens (tertiary/aromatic N) is 2. The van der Waals surface area contributed by atoms with Gasteiger partial charge in [-0.05, 0) is 31.2 Å². The van der Waals surface area contributed by atoms with Gasteiger partial charge in [0.05, 0.1) is 0 Å². The molecule has 0 amide bonds. The molecule has 1 heterocycles. The van der Waals surface area contributed by atoms with E-state index in [4.69, 9.17) is 0 Å². The summed E-state index contributed by atoms with van der Waals surface area (Å²) in [6.07, 6.45) is 4.06. The SMILES string of the molecule is Cc1ncnc2c1C(C)CC2. The maximum atomic E-state index is 4.26. The van der Waals surface area contributed by atoms with Gasteiger partial charge < -0.3 is 0 Å². The molecular formula is C9H12N2. The molecule has 58 valence electrons. The molecule has 0 aliphatic heterocycles. The van der Waals surface area contributed by atoms with Crippen molar-refractivity contribution >= 4 is 0 Å². The fourth-order valence-corrected chi connectivity index (χ4v) is 1.87. The second-order valence-corrected chi connectivity index (χ2v) is 3.26. The van der Waals surface area contributed by atoms with Crippen LogP contribution in [-0.4, -0.2) is 9.97 Å². The van der Waals surface area contributed by atoms with E-state index in [1.54, 1.807) is 6.33 Å². The molecule has 0 N–H and O–H groups in total.